The molecule has 5 heteroatoms. The molecule has 1 heterocycles. The van der Waals surface area contributed by atoms with Crippen LogP contribution in [-0.4, -0.2) is 23.5 Å². The minimum atomic E-state index is -0.835. The Labute approximate surface area is 123 Å². The van der Waals surface area contributed by atoms with E-state index in [1.807, 2.05) is 6.07 Å². The molecule has 1 aromatic rings. The number of nitrogens with one attached hydrogen (secondary N) is 1. The summed E-state index contributed by atoms with van der Waals surface area (Å²) in [7, 11) is 0. The van der Waals surface area contributed by atoms with Crippen molar-refractivity contribution in [1.29, 1.82) is 0 Å². The zero-order valence-corrected chi connectivity index (χ0v) is 12.8. The standard InChI is InChI=1S/C15H21NO3S/c1-15(2,14(18)19)7-8-16-13(17)12-9-10-5-3-4-6-11(10)20-12/h9H,3-8H2,1-2H3,(H,16,17)(H,18,19). The second-order valence-corrected chi connectivity index (χ2v) is 7.10. The van der Waals surface area contributed by atoms with Gasteiger partial charge in [0.25, 0.3) is 5.91 Å². The fraction of sp³-hybridized carbons (Fsp3) is 0.600. The number of fused-ring (bicyclic) bond motifs is 1. The maximum absolute atomic E-state index is 12.1. The monoisotopic (exact) mass is 295 g/mol. The Kier molecular flexibility index (Phi) is 4.48. The molecule has 1 aromatic heterocycles. The highest BCUT2D eigenvalue weighted by atomic mass is 32.1. The zero-order chi connectivity index (χ0) is 14.8. The van der Waals surface area contributed by atoms with Gasteiger partial charge in [-0.2, -0.15) is 0 Å². The lowest BCUT2D eigenvalue weighted by molar-refractivity contribution is -0.147. The van der Waals surface area contributed by atoms with Crippen LogP contribution in [0.15, 0.2) is 6.07 Å². The van der Waals surface area contributed by atoms with E-state index in [1.165, 1.54) is 23.3 Å². The molecule has 1 aliphatic carbocycles. The van der Waals surface area contributed by atoms with Gasteiger partial charge >= 0.3 is 5.97 Å². The van der Waals surface area contributed by atoms with Gasteiger partial charge in [0.05, 0.1) is 10.3 Å². The molecule has 4 nitrogen and oxygen atoms in total. The average Bonchev–Trinajstić information content (AvgIpc) is 2.82. The number of thiophene rings is 1. The number of carboxylic acids is 1. The predicted octanol–water partition coefficient (Wildman–Crippen LogP) is 2.86. The summed E-state index contributed by atoms with van der Waals surface area (Å²) in [5, 5.41) is 11.9. The number of hydrogen-bond donors (Lipinski definition) is 2. The molecule has 0 atom stereocenters. The first kappa shape index (κ1) is 15.0. The molecule has 0 radical (unpaired) electrons. The van der Waals surface area contributed by atoms with Crippen LogP contribution in [0.3, 0.4) is 0 Å². The van der Waals surface area contributed by atoms with Crippen LogP contribution in [0.1, 0.15) is 53.2 Å². The lowest BCUT2D eigenvalue weighted by atomic mass is 9.90. The second kappa shape index (κ2) is 5.95. The highest BCUT2D eigenvalue weighted by molar-refractivity contribution is 7.14. The number of carbonyl (C=O) groups excluding carboxylic acids is 1. The summed E-state index contributed by atoms with van der Waals surface area (Å²) in [6.45, 7) is 3.73. The number of aryl methyl sites for hydroxylation is 2. The summed E-state index contributed by atoms with van der Waals surface area (Å²) in [6, 6.07) is 2.00. The van der Waals surface area contributed by atoms with Crippen LogP contribution in [0.4, 0.5) is 0 Å². The van der Waals surface area contributed by atoms with E-state index in [4.69, 9.17) is 5.11 Å². The Balaban J connectivity index is 1.89. The second-order valence-electron chi connectivity index (χ2n) is 5.96. The maximum Gasteiger partial charge on any atom is 0.309 e. The number of hydrogen-bond acceptors (Lipinski definition) is 3. The van der Waals surface area contributed by atoms with Crippen molar-refractivity contribution < 1.29 is 14.7 Å². The third kappa shape index (κ3) is 3.39. The van der Waals surface area contributed by atoms with Crippen LogP contribution in [-0.2, 0) is 17.6 Å². The van der Waals surface area contributed by atoms with Crippen molar-refractivity contribution >= 4 is 23.2 Å². The molecule has 0 saturated carbocycles. The molecular weight excluding hydrogens is 274 g/mol. The fourth-order valence-corrected chi connectivity index (χ4v) is 3.46. The van der Waals surface area contributed by atoms with Crippen LogP contribution in [0.25, 0.3) is 0 Å². The molecular formula is C15H21NO3S. The van der Waals surface area contributed by atoms with Gasteiger partial charge in [0.15, 0.2) is 0 Å². The summed E-state index contributed by atoms with van der Waals surface area (Å²) >= 11 is 1.58. The molecule has 0 aliphatic heterocycles. The Hall–Kier alpha value is -1.36. The quantitative estimate of drug-likeness (QED) is 0.878. The van der Waals surface area contributed by atoms with E-state index in [0.717, 1.165) is 17.7 Å². The molecule has 0 aromatic carbocycles. The molecule has 20 heavy (non-hydrogen) atoms. The van der Waals surface area contributed by atoms with Crippen molar-refractivity contribution in [3.63, 3.8) is 0 Å². The molecule has 0 spiro atoms. The normalized spacial score (nSPS) is 14.7. The SMILES string of the molecule is CC(C)(CCNC(=O)c1cc2c(s1)CCCC2)C(=O)O. The first-order chi connectivity index (χ1) is 9.40. The van der Waals surface area contributed by atoms with Gasteiger partial charge in [-0.1, -0.05) is 0 Å². The average molecular weight is 295 g/mol. The molecule has 0 unspecified atom stereocenters. The van der Waals surface area contributed by atoms with Gasteiger partial charge in [0.2, 0.25) is 0 Å². The highest BCUT2D eigenvalue weighted by Gasteiger charge is 2.26. The van der Waals surface area contributed by atoms with Crippen molar-refractivity contribution in [3.05, 3.63) is 21.4 Å². The molecule has 1 amide bonds. The van der Waals surface area contributed by atoms with Crippen molar-refractivity contribution in [2.24, 2.45) is 5.41 Å². The zero-order valence-electron chi connectivity index (χ0n) is 12.0. The molecule has 0 saturated heterocycles. The van der Waals surface area contributed by atoms with Gasteiger partial charge in [-0.15, -0.1) is 11.3 Å². The molecule has 1 aliphatic rings. The Morgan fingerprint density at radius 2 is 2.05 bits per heavy atom. The minimum absolute atomic E-state index is 0.0782. The first-order valence-electron chi connectivity index (χ1n) is 7.03. The summed E-state index contributed by atoms with van der Waals surface area (Å²) in [5.74, 6) is -0.913. The smallest absolute Gasteiger partial charge is 0.309 e. The van der Waals surface area contributed by atoms with Gasteiger partial charge in [-0.25, -0.2) is 0 Å². The van der Waals surface area contributed by atoms with Crippen LogP contribution >= 0.6 is 11.3 Å². The Bertz CT molecular complexity index is 496. The van der Waals surface area contributed by atoms with Gasteiger partial charge in [-0.3, -0.25) is 9.59 Å². The van der Waals surface area contributed by atoms with E-state index in [0.29, 0.717) is 13.0 Å². The third-order valence-electron chi connectivity index (χ3n) is 3.83. The van der Waals surface area contributed by atoms with Gasteiger partial charge < -0.3 is 10.4 Å². The number of carbonyl (C=O) groups is 2. The Morgan fingerprint density at radius 1 is 1.35 bits per heavy atom. The molecule has 0 fully saturated rings. The van der Waals surface area contributed by atoms with Gasteiger partial charge in [0.1, 0.15) is 0 Å². The summed E-state index contributed by atoms with van der Waals surface area (Å²) in [5.41, 5.74) is 0.513. The molecule has 2 N–H and O–H groups in total. The largest absolute Gasteiger partial charge is 0.481 e. The highest BCUT2D eigenvalue weighted by Crippen LogP contribution is 2.29. The summed E-state index contributed by atoms with van der Waals surface area (Å²) in [6.07, 6.45) is 5.00. The van der Waals surface area contributed by atoms with E-state index >= 15 is 0 Å². The van der Waals surface area contributed by atoms with Crippen LogP contribution in [0.2, 0.25) is 0 Å². The molecule has 2 rings (SSSR count). The van der Waals surface area contributed by atoms with Crippen molar-refractivity contribution in [2.75, 3.05) is 6.54 Å². The summed E-state index contributed by atoms with van der Waals surface area (Å²) < 4.78 is 0. The minimum Gasteiger partial charge on any atom is -0.481 e. The van der Waals surface area contributed by atoms with E-state index < -0.39 is 11.4 Å². The number of carboxylic acid groups (broad SMARTS) is 1. The van der Waals surface area contributed by atoms with Crippen LogP contribution in [0.5, 0.6) is 0 Å². The lowest BCUT2D eigenvalue weighted by Gasteiger charge is -2.18. The third-order valence-corrected chi connectivity index (χ3v) is 5.07. The van der Waals surface area contributed by atoms with E-state index in [1.54, 1.807) is 25.2 Å². The lowest BCUT2D eigenvalue weighted by Crippen LogP contribution is -2.31. The fourth-order valence-electron chi connectivity index (χ4n) is 2.29. The number of aliphatic carboxylic acids is 1. The van der Waals surface area contributed by atoms with Gasteiger partial charge in [0, 0.05) is 11.4 Å². The number of rotatable bonds is 5. The van der Waals surface area contributed by atoms with Crippen molar-refractivity contribution in [3.8, 4) is 0 Å². The van der Waals surface area contributed by atoms with E-state index in [2.05, 4.69) is 5.32 Å². The maximum atomic E-state index is 12.1. The molecule has 0 bridgehead atoms. The van der Waals surface area contributed by atoms with E-state index in [9.17, 15) is 9.59 Å². The van der Waals surface area contributed by atoms with Gasteiger partial charge in [-0.05, 0) is 57.6 Å². The first-order valence-corrected chi connectivity index (χ1v) is 7.85. The van der Waals surface area contributed by atoms with Crippen LogP contribution in [0, 0.1) is 5.41 Å². The topological polar surface area (TPSA) is 66.4 Å². The number of amides is 1. The van der Waals surface area contributed by atoms with Crippen LogP contribution < -0.4 is 5.32 Å². The van der Waals surface area contributed by atoms with Crippen molar-refractivity contribution in [2.45, 2.75) is 46.0 Å². The summed E-state index contributed by atoms with van der Waals surface area (Å²) in [4.78, 5) is 25.2. The van der Waals surface area contributed by atoms with Crippen molar-refractivity contribution in [1.82, 2.24) is 5.32 Å². The Morgan fingerprint density at radius 3 is 2.70 bits per heavy atom. The predicted molar refractivity (Wildman–Crippen MR) is 79.3 cm³/mol. The molecule has 110 valence electrons. The van der Waals surface area contributed by atoms with E-state index in [-0.39, 0.29) is 5.91 Å².